The van der Waals surface area contributed by atoms with Gasteiger partial charge in [0, 0.05) is 59.7 Å². The van der Waals surface area contributed by atoms with E-state index in [0.29, 0.717) is 11.8 Å². The minimum Gasteiger partial charge on any atom is -0.468 e. The summed E-state index contributed by atoms with van der Waals surface area (Å²) in [5.41, 5.74) is 24.1. The summed E-state index contributed by atoms with van der Waals surface area (Å²) in [5, 5.41) is 6.26. The molecule has 3 unspecified atom stereocenters. The van der Waals surface area contributed by atoms with Gasteiger partial charge in [-0.05, 0) is 160 Å². The maximum Gasteiger partial charge on any atom is 0.297 e. The molecule has 9 aromatic carbocycles. The van der Waals surface area contributed by atoms with E-state index in [1.807, 2.05) is 11.3 Å². The van der Waals surface area contributed by atoms with E-state index in [0.717, 1.165) is 28.0 Å². The van der Waals surface area contributed by atoms with Gasteiger partial charge in [-0.2, -0.15) is 0 Å². The van der Waals surface area contributed by atoms with Gasteiger partial charge < -0.3 is 18.8 Å². The molecule has 82 heavy (non-hydrogen) atoms. The molecule has 3 saturated carbocycles. The molecule has 6 aliphatic rings. The Balaban J connectivity index is 1.01. The van der Waals surface area contributed by atoms with Crippen LogP contribution in [0, 0.1) is 16.7 Å². The van der Waals surface area contributed by atoms with E-state index >= 15 is 0 Å². The number of rotatable bonds is 4. The van der Waals surface area contributed by atoms with Gasteiger partial charge in [-0.3, -0.25) is 0 Å². The van der Waals surface area contributed by atoms with Crippen LogP contribution in [0.25, 0.3) is 69.8 Å². The molecule has 6 heteroatoms. The van der Waals surface area contributed by atoms with Crippen molar-refractivity contribution in [3.63, 3.8) is 0 Å². The zero-order valence-corrected chi connectivity index (χ0v) is 48.7. The zero-order valence-electron chi connectivity index (χ0n) is 47.9. The van der Waals surface area contributed by atoms with Crippen LogP contribution in [0.1, 0.15) is 121 Å². The van der Waals surface area contributed by atoms with E-state index in [1.165, 1.54) is 166 Å². The highest BCUT2D eigenvalue weighted by molar-refractivity contribution is 7.26. The second kappa shape index (κ2) is 16.5. The maximum atomic E-state index is 7.71. The molecular formula is C76H66BN3OS. The Morgan fingerprint density at radius 3 is 2.01 bits per heavy atom. The minimum absolute atomic E-state index is 0.0801. The number of aromatic nitrogens is 1. The second-order valence-electron chi connectivity index (χ2n) is 27.2. The van der Waals surface area contributed by atoms with E-state index in [2.05, 4.69) is 238 Å². The van der Waals surface area contributed by atoms with Gasteiger partial charge in [0.25, 0.3) is 6.71 Å². The van der Waals surface area contributed by atoms with Crippen molar-refractivity contribution in [2.45, 2.75) is 110 Å². The van der Waals surface area contributed by atoms with Crippen LogP contribution in [0.2, 0.25) is 0 Å². The Bertz CT molecular complexity index is 4700. The standard InChI is InChI=1S/C76H66BN3OS/c1-73(2,3)47-35-37-66-55(41-47)70-72(81-66)77-58-40-46(45-20-8-7-9-21-45)34-36-61(58)79(62-31-19-28-57-68(62)54-25-10-14-27-56(54)76(57)44-48-38-39-75(76,6)74(48,4)5)64-42-49(78-59-29-15-11-22-50(59)51-23-12-16-30-60(51)78)43-65(69(64)77)80(70)63-32-18-26-53-52-24-13-17-33-67(52)82-71(53)63/h10-19,22-37,40-43,45,48H,7-9,20-21,38-39,44H2,1-6H3. The molecule has 1 spiro atoms. The predicted molar refractivity (Wildman–Crippen MR) is 347 cm³/mol. The summed E-state index contributed by atoms with van der Waals surface area (Å²) in [7, 11) is 0. The third-order valence-corrected chi connectivity index (χ3v) is 23.6. The molecule has 0 radical (unpaired) electrons. The van der Waals surface area contributed by atoms with Gasteiger partial charge in [0.05, 0.1) is 44.1 Å². The zero-order chi connectivity index (χ0) is 54.8. The van der Waals surface area contributed by atoms with Crippen LogP contribution < -0.4 is 26.4 Å². The fraction of sp³-hybridized carbons (Fsp3) is 0.263. The Hall–Kier alpha value is -7.80. The summed E-state index contributed by atoms with van der Waals surface area (Å²) >= 11 is 1.91. The van der Waals surface area contributed by atoms with Crippen molar-refractivity contribution in [1.29, 1.82) is 0 Å². The highest BCUT2D eigenvalue weighted by Crippen LogP contribution is 2.78. The number of thiophene rings is 1. The van der Waals surface area contributed by atoms with Crippen molar-refractivity contribution < 1.29 is 4.42 Å². The van der Waals surface area contributed by atoms with Gasteiger partial charge in [0.1, 0.15) is 5.58 Å². The topological polar surface area (TPSA) is 24.6 Å². The molecule has 12 aromatic rings. The van der Waals surface area contributed by atoms with Gasteiger partial charge in [0.15, 0.2) is 0 Å². The Kier molecular flexibility index (Phi) is 9.60. The molecule has 3 atom stereocenters. The lowest BCUT2D eigenvalue weighted by molar-refractivity contribution is 0.0990. The predicted octanol–water partition coefficient (Wildman–Crippen LogP) is 19.4. The van der Waals surface area contributed by atoms with Crippen molar-refractivity contribution in [3.8, 4) is 16.8 Å². The number of furan rings is 1. The fourth-order valence-corrected chi connectivity index (χ4v) is 19.3. The van der Waals surface area contributed by atoms with E-state index in [9.17, 15) is 0 Å². The van der Waals surface area contributed by atoms with Gasteiger partial charge in [-0.15, -0.1) is 11.3 Å². The molecule has 0 saturated heterocycles. The molecule has 4 nitrogen and oxygen atoms in total. The van der Waals surface area contributed by atoms with Crippen molar-refractivity contribution in [2.75, 3.05) is 9.80 Å². The van der Waals surface area contributed by atoms with Crippen molar-refractivity contribution in [1.82, 2.24) is 4.57 Å². The van der Waals surface area contributed by atoms with Crippen molar-refractivity contribution in [2.24, 2.45) is 16.7 Å². The average Bonchev–Trinajstić information content (AvgIpc) is 1.87. The number of fused-ring (bicyclic) bond motifs is 20. The quantitative estimate of drug-likeness (QED) is 0.164. The van der Waals surface area contributed by atoms with Gasteiger partial charge >= 0.3 is 0 Å². The fourth-order valence-electron chi connectivity index (χ4n) is 18.1. The van der Waals surface area contributed by atoms with E-state index in [-0.39, 0.29) is 28.4 Å². The number of anilines is 6. The second-order valence-corrected chi connectivity index (χ2v) is 28.2. The number of hydrogen-bond donors (Lipinski definition) is 0. The first-order valence-electron chi connectivity index (χ1n) is 30.5. The van der Waals surface area contributed by atoms with Crippen LogP contribution in [0.5, 0.6) is 0 Å². The summed E-state index contributed by atoms with van der Waals surface area (Å²) in [5.74, 6) is 1.19. The summed E-state index contributed by atoms with van der Waals surface area (Å²) in [6, 6.07) is 71.1. The van der Waals surface area contributed by atoms with Crippen LogP contribution in [-0.2, 0) is 10.8 Å². The smallest absolute Gasteiger partial charge is 0.297 e. The molecule has 0 N–H and O–H groups in total. The first kappa shape index (κ1) is 47.8. The molecule has 2 bridgehead atoms. The van der Waals surface area contributed by atoms with E-state index in [4.69, 9.17) is 4.42 Å². The highest BCUT2D eigenvalue weighted by Gasteiger charge is 2.71. The summed E-state index contributed by atoms with van der Waals surface area (Å²) in [4.78, 5) is 5.43. The largest absolute Gasteiger partial charge is 0.468 e. The lowest BCUT2D eigenvalue weighted by Gasteiger charge is -2.48. The number of para-hydroxylation sites is 2. The Morgan fingerprint density at radius 2 is 1.26 bits per heavy atom. The summed E-state index contributed by atoms with van der Waals surface area (Å²) in [6.07, 6.45) is 10.1. The first-order valence-corrected chi connectivity index (χ1v) is 31.4. The molecule has 3 fully saturated rings. The molecule has 0 amide bonds. The van der Waals surface area contributed by atoms with Crippen LogP contribution in [0.4, 0.5) is 34.1 Å². The molecular weight excluding hydrogens is 1010 g/mol. The lowest BCUT2D eigenvalue weighted by atomic mass is 9.35. The SMILES string of the molecule is CC(C)(C)c1ccc2oc3c(c2c1)N(c1cccc2c1sc1ccccc12)c1cc(-n2c4ccccc4c4ccccc42)cc2c1B3c1cc(C3CCCCC3)ccc1N2c1cccc2c1-c1ccccc1C21CC2CCC1(C)C2(C)C. The van der Waals surface area contributed by atoms with Gasteiger partial charge in [0.2, 0.25) is 0 Å². The highest BCUT2D eigenvalue weighted by atomic mass is 32.1. The number of hydrogen-bond acceptors (Lipinski definition) is 4. The van der Waals surface area contributed by atoms with Crippen LogP contribution in [-0.4, -0.2) is 11.3 Å². The normalized spacial score (nSPS) is 21.3. The third-order valence-electron chi connectivity index (χ3n) is 22.4. The van der Waals surface area contributed by atoms with Gasteiger partial charge in [-0.1, -0.05) is 182 Å². The Morgan fingerprint density at radius 1 is 0.573 bits per heavy atom. The van der Waals surface area contributed by atoms with Crippen LogP contribution in [0.15, 0.2) is 186 Å². The van der Waals surface area contributed by atoms with E-state index < -0.39 is 0 Å². The van der Waals surface area contributed by atoms with Gasteiger partial charge in [-0.25, -0.2) is 0 Å². The minimum atomic E-state index is -0.189. The molecule has 5 heterocycles. The molecule has 400 valence electrons. The summed E-state index contributed by atoms with van der Waals surface area (Å²) < 4.78 is 12.9. The maximum absolute atomic E-state index is 7.71. The van der Waals surface area contributed by atoms with Crippen LogP contribution >= 0.6 is 11.3 Å². The molecule has 3 aromatic heterocycles. The summed E-state index contributed by atoms with van der Waals surface area (Å²) in [6.45, 7) is 14.7. The molecule has 4 aliphatic carbocycles. The number of benzene rings is 9. The first-order chi connectivity index (χ1) is 39.9. The lowest BCUT2D eigenvalue weighted by Crippen LogP contribution is -2.61. The monoisotopic (exact) mass is 1080 g/mol. The van der Waals surface area contributed by atoms with E-state index in [1.54, 1.807) is 0 Å². The van der Waals surface area contributed by atoms with Crippen molar-refractivity contribution >= 4 is 122 Å². The molecule has 18 rings (SSSR count). The van der Waals surface area contributed by atoms with Crippen LogP contribution in [0.3, 0.4) is 0 Å². The number of nitrogens with zero attached hydrogens (tertiary/aromatic N) is 3. The molecule has 2 aliphatic heterocycles. The third kappa shape index (κ3) is 5.99. The van der Waals surface area contributed by atoms with Crippen molar-refractivity contribution in [3.05, 3.63) is 204 Å². The average molecular weight is 1080 g/mol. The Labute approximate surface area is 485 Å².